The molecule has 3 fully saturated rings. The summed E-state index contributed by atoms with van der Waals surface area (Å²) < 4.78 is 0. The van der Waals surface area contributed by atoms with E-state index in [9.17, 15) is 4.79 Å². The van der Waals surface area contributed by atoms with Gasteiger partial charge in [-0.1, -0.05) is 6.92 Å². The van der Waals surface area contributed by atoms with E-state index >= 15 is 0 Å². The first-order chi connectivity index (χ1) is 9.73. The molecule has 2 saturated heterocycles. The Morgan fingerprint density at radius 3 is 2.60 bits per heavy atom. The molecule has 4 heteroatoms. The Morgan fingerprint density at radius 2 is 2.05 bits per heavy atom. The number of hydrogen-bond donors (Lipinski definition) is 2. The molecule has 0 aromatic rings. The lowest BCUT2D eigenvalue weighted by Gasteiger charge is -2.38. The first kappa shape index (κ1) is 14.3. The normalized spacial score (nSPS) is 33.0. The lowest BCUT2D eigenvalue weighted by atomic mass is 9.77. The van der Waals surface area contributed by atoms with E-state index in [1.165, 1.54) is 25.9 Å². The first-order valence-electron chi connectivity index (χ1n) is 8.49. The molecular weight excluding hydrogens is 250 g/mol. The molecule has 114 valence electrons. The van der Waals surface area contributed by atoms with Crippen LogP contribution >= 0.6 is 0 Å². The number of carbonyl (C=O) groups excluding carboxylic acids is 1. The summed E-state index contributed by atoms with van der Waals surface area (Å²) in [5, 5.41) is 6.76. The Labute approximate surface area is 122 Å². The Morgan fingerprint density at radius 1 is 1.30 bits per heavy atom. The van der Waals surface area contributed by atoms with Crippen molar-refractivity contribution in [2.45, 2.75) is 64.0 Å². The number of nitrogens with one attached hydrogen (secondary N) is 2. The highest BCUT2D eigenvalue weighted by atomic mass is 16.2. The van der Waals surface area contributed by atoms with Gasteiger partial charge < -0.3 is 15.5 Å². The fraction of sp³-hybridized carbons (Fsp3) is 0.938. The minimum Gasteiger partial charge on any atom is -0.353 e. The average molecular weight is 279 g/mol. The van der Waals surface area contributed by atoms with Gasteiger partial charge in [-0.05, 0) is 51.5 Å². The molecule has 0 radical (unpaired) electrons. The summed E-state index contributed by atoms with van der Waals surface area (Å²) in [6.07, 6.45) is 8.17. The highest BCUT2D eigenvalue weighted by Gasteiger charge is 2.39. The van der Waals surface area contributed by atoms with Crippen LogP contribution < -0.4 is 10.6 Å². The topological polar surface area (TPSA) is 44.4 Å². The van der Waals surface area contributed by atoms with Crippen LogP contribution in [0.1, 0.15) is 51.9 Å². The van der Waals surface area contributed by atoms with Crippen LogP contribution in [-0.4, -0.2) is 49.1 Å². The number of likely N-dealkylation sites (tertiary alicyclic amines) is 1. The Balaban J connectivity index is 1.50. The van der Waals surface area contributed by atoms with Crippen molar-refractivity contribution in [3.63, 3.8) is 0 Å². The summed E-state index contributed by atoms with van der Waals surface area (Å²) >= 11 is 0. The molecule has 0 bridgehead atoms. The van der Waals surface area contributed by atoms with Gasteiger partial charge in [-0.3, -0.25) is 4.79 Å². The number of carbonyl (C=O) groups is 1. The predicted molar refractivity (Wildman–Crippen MR) is 80.6 cm³/mol. The van der Waals surface area contributed by atoms with Crippen LogP contribution in [0.4, 0.5) is 0 Å². The molecule has 4 nitrogen and oxygen atoms in total. The van der Waals surface area contributed by atoms with Crippen molar-refractivity contribution in [3.8, 4) is 0 Å². The monoisotopic (exact) mass is 279 g/mol. The van der Waals surface area contributed by atoms with Gasteiger partial charge in [0.1, 0.15) is 0 Å². The molecule has 0 aromatic heterocycles. The zero-order chi connectivity index (χ0) is 14.0. The molecule has 0 spiro atoms. The van der Waals surface area contributed by atoms with Gasteiger partial charge in [0.25, 0.3) is 0 Å². The molecule has 2 heterocycles. The lowest BCUT2D eigenvalue weighted by molar-refractivity contribution is -0.133. The largest absolute Gasteiger partial charge is 0.353 e. The van der Waals surface area contributed by atoms with Crippen LogP contribution in [0.15, 0.2) is 0 Å². The summed E-state index contributed by atoms with van der Waals surface area (Å²) in [7, 11) is 0. The molecule has 3 aliphatic rings. The van der Waals surface area contributed by atoms with Gasteiger partial charge in [-0.2, -0.15) is 0 Å². The van der Waals surface area contributed by atoms with E-state index in [1.54, 1.807) is 0 Å². The van der Waals surface area contributed by atoms with E-state index in [0.717, 1.165) is 51.2 Å². The standard InChI is InChI=1S/C16H29N3O/c1-2-16(8-3-9-17-12-16)15(20)18-13-6-10-19(11-7-13)14-4-5-14/h13-14,17H,2-12H2,1H3,(H,18,20). The molecule has 2 aliphatic heterocycles. The second-order valence-electron chi connectivity index (χ2n) is 6.93. The van der Waals surface area contributed by atoms with Gasteiger partial charge in [0.05, 0.1) is 5.41 Å². The Hall–Kier alpha value is -0.610. The van der Waals surface area contributed by atoms with Crippen LogP contribution in [0.3, 0.4) is 0 Å². The van der Waals surface area contributed by atoms with Crippen molar-refractivity contribution in [1.82, 2.24) is 15.5 Å². The van der Waals surface area contributed by atoms with E-state index in [0.29, 0.717) is 11.9 Å². The van der Waals surface area contributed by atoms with Crippen molar-refractivity contribution in [2.75, 3.05) is 26.2 Å². The van der Waals surface area contributed by atoms with Crippen LogP contribution in [0.25, 0.3) is 0 Å². The summed E-state index contributed by atoms with van der Waals surface area (Å²) in [6.45, 7) is 6.42. The summed E-state index contributed by atoms with van der Waals surface area (Å²) in [4.78, 5) is 15.3. The van der Waals surface area contributed by atoms with Crippen molar-refractivity contribution in [3.05, 3.63) is 0 Å². The molecule has 2 N–H and O–H groups in total. The zero-order valence-electron chi connectivity index (χ0n) is 12.8. The molecule has 0 aromatic carbocycles. The van der Waals surface area contributed by atoms with Crippen LogP contribution in [0.5, 0.6) is 0 Å². The zero-order valence-corrected chi connectivity index (χ0v) is 12.8. The maximum absolute atomic E-state index is 12.7. The fourth-order valence-corrected chi connectivity index (χ4v) is 3.81. The van der Waals surface area contributed by atoms with Crippen molar-refractivity contribution >= 4 is 5.91 Å². The predicted octanol–water partition coefficient (Wildman–Crippen LogP) is 1.51. The number of piperidine rings is 2. The number of hydrogen-bond acceptors (Lipinski definition) is 3. The molecule has 1 unspecified atom stereocenters. The van der Waals surface area contributed by atoms with Crippen LogP contribution in [0, 0.1) is 5.41 Å². The molecule has 1 saturated carbocycles. The SMILES string of the molecule is CCC1(C(=O)NC2CCN(C3CC3)CC2)CCCNC1. The Bertz CT molecular complexity index is 340. The highest BCUT2D eigenvalue weighted by molar-refractivity contribution is 5.83. The smallest absolute Gasteiger partial charge is 0.227 e. The molecule has 1 aliphatic carbocycles. The van der Waals surface area contributed by atoms with Gasteiger partial charge in [0.2, 0.25) is 5.91 Å². The van der Waals surface area contributed by atoms with Gasteiger partial charge in [-0.15, -0.1) is 0 Å². The van der Waals surface area contributed by atoms with Crippen molar-refractivity contribution in [1.29, 1.82) is 0 Å². The first-order valence-corrected chi connectivity index (χ1v) is 8.49. The van der Waals surface area contributed by atoms with Crippen LogP contribution in [0.2, 0.25) is 0 Å². The highest BCUT2D eigenvalue weighted by Crippen LogP contribution is 2.32. The second-order valence-corrected chi connectivity index (χ2v) is 6.93. The third kappa shape index (κ3) is 3.01. The van der Waals surface area contributed by atoms with Crippen molar-refractivity contribution < 1.29 is 4.79 Å². The minimum atomic E-state index is -0.147. The summed E-state index contributed by atoms with van der Waals surface area (Å²) in [5.41, 5.74) is -0.147. The molecule has 20 heavy (non-hydrogen) atoms. The summed E-state index contributed by atoms with van der Waals surface area (Å²) in [6, 6.07) is 1.28. The van der Waals surface area contributed by atoms with Gasteiger partial charge in [0.15, 0.2) is 0 Å². The fourth-order valence-electron chi connectivity index (χ4n) is 3.81. The molecule has 3 rings (SSSR count). The van der Waals surface area contributed by atoms with E-state index in [4.69, 9.17) is 0 Å². The van der Waals surface area contributed by atoms with Gasteiger partial charge >= 0.3 is 0 Å². The lowest BCUT2D eigenvalue weighted by Crippen LogP contribution is -2.54. The van der Waals surface area contributed by atoms with E-state index in [1.807, 2.05) is 0 Å². The van der Waals surface area contributed by atoms with E-state index in [-0.39, 0.29) is 5.41 Å². The maximum Gasteiger partial charge on any atom is 0.227 e. The minimum absolute atomic E-state index is 0.147. The summed E-state index contributed by atoms with van der Waals surface area (Å²) in [5.74, 6) is 0.303. The van der Waals surface area contributed by atoms with E-state index in [2.05, 4.69) is 22.5 Å². The van der Waals surface area contributed by atoms with Gasteiger partial charge in [-0.25, -0.2) is 0 Å². The number of rotatable bonds is 4. The third-order valence-electron chi connectivity index (χ3n) is 5.56. The second kappa shape index (κ2) is 6.02. The Kier molecular flexibility index (Phi) is 4.32. The van der Waals surface area contributed by atoms with Gasteiger partial charge in [0, 0.05) is 31.7 Å². The quantitative estimate of drug-likeness (QED) is 0.820. The maximum atomic E-state index is 12.7. The third-order valence-corrected chi connectivity index (χ3v) is 5.56. The van der Waals surface area contributed by atoms with Crippen LogP contribution in [-0.2, 0) is 4.79 Å². The van der Waals surface area contributed by atoms with E-state index < -0.39 is 0 Å². The molecular formula is C16H29N3O. The van der Waals surface area contributed by atoms with Crippen molar-refractivity contribution in [2.24, 2.45) is 5.41 Å². The average Bonchev–Trinajstić information content (AvgIpc) is 3.33. The molecule has 1 amide bonds. The number of amides is 1. The molecule has 1 atom stereocenters. The number of nitrogens with zero attached hydrogens (tertiary/aromatic N) is 1.